The van der Waals surface area contributed by atoms with Gasteiger partial charge in [0.05, 0.1) is 31.2 Å². The molecule has 2 saturated heterocycles. The largest absolute Gasteiger partial charge is 0.460 e. The van der Waals surface area contributed by atoms with Gasteiger partial charge in [0.1, 0.15) is 17.5 Å². The number of hydrogen-bond acceptors (Lipinski definition) is 7. The zero-order chi connectivity index (χ0) is 30.4. The predicted molar refractivity (Wildman–Crippen MR) is 155 cm³/mol. The fraction of sp³-hybridized carbons (Fsp3) is 0.484. The van der Waals surface area contributed by atoms with Gasteiger partial charge in [0.2, 0.25) is 11.8 Å². The predicted octanol–water partition coefficient (Wildman–Crippen LogP) is 3.62. The second-order valence-electron chi connectivity index (χ2n) is 11.7. The Bertz CT molecular complexity index is 1300. The quantitative estimate of drug-likeness (QED) is 0.434. The number of rotatable bonds is 9. The van der Waals surface area contributed by atoms with Gasteiger partial charge < -0.3 is 25.0 Å². The number of hydrogen-bond donors (Lipinski definition) is 2. The van der Waals surface area contributed by atoms with Crippen LogP contribution in [0.1, 0.15) is 46.1 Å². The van der Waals surface area contributed by atoms with Crippen LogP contribution in [0.4, 0.5) is 14.9 Å². The summed E-state index contributed by atoms with van der Waals surface area (Å²) in [7, 11) is 0. The molecule has 10 nitrogen and oxygen atoms in total. The summed E-state index contributed by atoms with van der Waals surface area (Å²) in [4.78, 5) is 51.4. The van der Waals surface area contributed by atoms with Gasteiger partial charge in [-0.05, 0) is 62.9 Å². The summed E-state index contributed by atoms with van der Waals surface area (Å²) < 4.78 is 25.8. The summed E-state index contributed by atoms with van der Waals surface area (Å²) in [5.41, 5.74) is 1.88. The molecule has 2 N–H and O–H groups in total. The molecule has 0 unspecified atom stereocenters. The van der Waals surface area contributed by atoms with Gasteiger partial charge in [-0.3, -0.25) is 19.3 Å². The molecule has 4 rings (SSSR count). The summed E-state index contributed by atoms with van der Waals surface area (Å²) in [6, 6.07) is 12.0. The molecule has 2 fully saturated rings. The van der Waals surface area contributed by atoms with Crippen molar-refractivity contribution in [2.45, 2.75) is 58.8 Å². The van der Waals surface area contributed by atoms with Crippen LogP contribution in [0.5, 0.6) is 0 Å². The molecular formula is C31H39FN4O6. The van der Waals surface area contributed by atoms with Crippen molar-refractivity contribution in [3.8, 4) is 11.1 Å². The fourth-order valence-corrected chi connectivity index (χ4v) is 4.98. The Morgan fingerprint density at radius 3 is 2.38 bits per heavy atom. The van der Waals surface area contributed by atoms with Crippen molar-refractivity contribution >= 4 is 29.6 Å². The van der Waals surface area contributed by atoms with E-state index in [9.17, 15) is 19.2 Å². The smallest absolute Gasteiger partial charge is 0.414 e. The molecular weight excluding hydrogens is 543 g/mol. The molecule has 2 aliphatic rings. The van der Waals surface area contributed by atoms with Crippen LogP contribution < -0.4 is 15.5 Å². The maximum atomic E-state index is 15.1. The SMILES string of the molecule is CC(=O)NC[C@H]1CN(c2ccc(-c3ccc(CNCC(=O)N4CCC(C(=O)OC(C)(C)C)CC4)cc3)c(F)c2)C(=O)O1. The number of anilines is 1. The minimum Gasteiger partial charge on any atom is -0.460 e. The van der Waals surface area contributed by atoms with Crippen molar-refractivity contribution in [3.05, 3.63) is 53.8 Å². The second-order valence-corrected chi connectivity index (χ2v) is 11.7. The number of cyclic esters (lactones) is 1. The number of nitrogens with one attached hydrogen (secondary N) is 2. The first-order chi connectivity index (χ1) is 19.9. The summed E-state index contributed by atoms with van der Waals surface area (Å²) in [6.45, 7) is 9.05. The molecule has 1 atom stereocenters. The highest BCUT2D eigenvalue weighted by Gasteiger charge is 2.33. The van der Waals surface area contributed by atoms with Gasteiger partial charge in [-0.2, -0.15) is 0 Å². The van der Waals surface area contributed by atoms with Crippen LogP contribution in [-0.2, 0) is 30.4 Å². The van der Waals surface area contributed by atoms with Crippen molar-refractivity contribution in [1.82, 2.24) is 15.5 Å². The monoisotopic (exact) mass is 582 g/mol. The first kappa shape index (κ1) is 31.0. The lowest BCUT2D eigenvalue weighted by molar-refractivity contribution is -0.162. The Morgan fingerprint density at radius 1 is 1.07 bits per heavy atom. The van der Waals surface area contributed by atoms with E-state index in [4.69, 9.17) is 9.47 Å². The molecule has 226 valence electrons. The van der Waals surface area contributed by atoms with Crippen LogP contribution in [0.15, 0.2) is 42.5 Å². The van der Waals surface area contributed by atoms with E-state index in [0.717, 1.165) is 5.56 Å². The van der Waals surface area contributed by atoms with E-state index in [1.807, 2.05) is 45.0 Å². The third-order valence-electron chi connectivity index (χ3n) is 7.18. The highest BCUT2D eigenvalue weighted by Crippen LogP contribution is 2.29. The number of ether oxygens (including phenoxy) is 2. The maximum Gasteiger partial charge on any atom is 0.414 e. The van der Waals surface area contributed by atoms with Gasteiger partial charge in [-0.1, -0.05) is 24.3 Å². The molecule has 0 spiro atoms. The van der Waals surface area contributed by atoms with Gasteiger partial charge in [-0.25, -0.2) is 9.18 Å². The van der Waals surface area contributed by atoms with Gasteiger partial charge in [0.15, 0.2) is 0 Å². The van der Waals surface area contributed by atoms with E-state index in [1.54, 1.807) is 17.0 Å². The van der Waals surface area contributed by atoms with E-state index in [2.05, 4.69) is 10.6 Å². The Kier molecular flexibility index (Phi) is 9.82. The molecule has 0 saturated carbocycles. The fourth-order valence-electron chi connectivity index (χ4n) is 4.98. The van der Waals surface area contributed by atoms with Crippen LogP contribution >= 0.6 is 0 Å². The highest BCUT2D eigenvalue weighted by molar-refractivity contribution is 5.90. The average molecular weight is 583 g/mol. The first-order valence-corrected chi connectivity index (χ1v) is 14.2. The lowest BCUT2D eigenvalue weighted by Crippen LogP contribution is -2.44. The zero-order valence-corrected chi connectivity index (χ0v) is 24.6. The molecule has 2 aromatic rings. The van der Waals surface area contributed by atoms with Crippen LogP contribution in [0.3, 0.4) is 0 Å². The average Bonchev–Trinajstić information content (AvgIpc) is 3.31. The molecule has 0 aliphatic carbocycles. The van der Waals surface area contributed by atoms with Gasteiger partial charge in [0, 0.05) is 32.1 Å². The Hall–Kier alpha value is -3.99. The minimum atomic E-state index is -0.585. The number of piperidine rings is 1. The summed E-state index contributed by atoms with van der Waals surface area (Å²) in [5, 5.41) is 5.78. The molecule has 0 aromatic heterocycles. The Morgan fingerprint density at radius 2 is 1.76 bits per heavy atom. The highest BCUT2D eigenvalue weighted by atomic mass is 19.1. The van der Waals surface area contributed by atoms with Crippen LogP contribution in [0, 0.1) is 11.7 Å². The standard InChI is InChI=1S/C31H39FN4O6/c1-20(37)34-17-25-19-36(30(40)41-25)24-9-10-26(27(32)15-24)22-7-5-21(6-8-22)16-33-18-28(38)35-13-11-23(12-14-35)29(39)42-31(2,3)4/h5-10,15,23,25,33H,11-14,16-19H2,1-4H3,(H,34,37)/t25-/m0/s1. The van der Waals surface area contributed by atoms with E-state index >= 15 is 4.39 Å². The lowest BCUT2D eigenvalue weighted by Gasteiger charge is -2.32. The zero-order valence-electron chi connectivity index (χ0n) is 24.6. The van der Waals surface area contributed by atoms with Gasteiger partial charge in [0.25, 0.3) is 0 Å². The molecule has 2 aromatic carbocycles. The topological polar surface area (TPSA) is 117 Å². The van der Waals surface area contributed by atoms with Crippen molar-refractivity contribution in [3.63, 3.8) is 0 Å². The number of benzene rings is 2. The molecule has 11 heteroatoms. The van der Waals surface area contributed by atoms with E-state index in [0.29, 0.717) is 49.3 Å². The lowest BCUT2D eigenvalue weighted by atomic mass is 9.96. The van der Waals surface area contributed by atoms with Crippen molar-refractivity contribution in [2.24, 2.45) is 5.92 Å². The first-order valence-electron chi connectivity index (χ1n) is 14.2. The van der Waals surface area contributed by atoms with Crippen LogP contribution in [0.25, 0.3) is 11.1 Å². The van der Waals surface area contributed by atoms with E-state index in [-0.39, 0.29) is 43.3 Å². The van der Waals surface area contributed by atoms with Crippen LogP contribution in [0.2, 0.25) is 0 Å². The molecule has 2 aliphatic heterocycles. The number of halogens is 1. The number of esters is 1. The number of likely N-dealkylation sites (tertiary alicyclic amines) is 1. The molecule has 3 amide bonds. The van der Waals surface area contributed by atoms with Gasteiger partial charge >= 0.3 is 12.1 Å². The molecule has 0 radical (unpaired) electrons. The molecule has 42 heavy (non-hydrogen) atoms. The second kappa shape index (κ2) is 13.3. The number of carbonyl (C=O) groups excluding carboxylic acids is 4. The molecule has 0 bridgehead atoms. The summed E-state index contributed by atoms with van der Waals surface area (Å²) in [6.07, 6.45) is 0.108. The molecule has 2 heterocycles. The number of amides is 3. The Labute approximate surface area is 245 Å². The van der Waals surface area contributed by atoms with Crippen molar-refractivity contribution in [2.75, 3.05) is 37.6 Å². The third-order valence-corrected chi connectivity index (χ3v) is 7.18. The number of nitrogens with zero attached hydrogens (tertiary/aromatic N) is 2. The Balaban J connectivity index is 1.24. The minimum absolute atomic E-state index is 0.0141. The number of carbonyl (C=O) groups is 4. The van der Waals surface area contributed by atoms with Crippen molar-refractivity contribution in [1.29, 1.82) is 0 Å². The normalized spacial score (nSPS) is 17.6. The van der Waals surface area contributed by atoms with E-state index in [1.165, 1.54) is 17.9 Å². The van der Waals surface area contributed by atoms with Crippen LogP contribution in [-0.4, -0.2) is 73.2 Å². The van der Waals surface area contributed by atoms with Crippen molar-refractivity contribution < 1.29 is 33.0 Å². The summed E-state index contributed by atoms with van der Waals surface area (Å²) in [5.74, 6) is -1.08. The maximum absolute atomic E-state index is 15.1. The summed E-state index contributed by atoms with van der Waals surface area (Å²) >= 11 is 0. The van der Waals surface area contributed by atoms with E-state index < -0.39 is 23.6 Å². The third kappa shape index (κ3) is 8.28. The van der Waals surface area contributed by atoms with Gasteiger partial charge in [-0.15, -0.1) is 0 Å².